The van der Waals surface area contributed by atoms with Crippen molar-refractivity contribution in [3.05, 3.63) is 35.5 Å². The number of hydrogen-bond donors (Lipinski definition) is 1. The third-order valence-corrected chi connectivity index (χ3v) is 2.83. The topological polar surface area (TPSA) is 37.9 Å². The molecule has 0 radical (unpaired) electrons. The van der Waals surface area contributed by atoms with E-state index in [1.807, 2.05) is 18.1 Å². The molecule has 0 aliphatic carbocycles. The van der Waals surface area contributed by atoms with E-state index in [1.54, 1.807) is 12.1 Å². The lowest BCUT2D eigenvalue weighted by Gasteiger charge is -2.08. The number of ether oxygens (including phenoxy) is 1. The standard InChI is InChI=1S/C13H13F3N2O/c1-3-8-4-5-11(19-2)9(6-8)10-7-12(18-17-10)13(14,15)16/h4-7H,3H2,1-2H3,(H,17,18). The van der Waals surface area contributed by atoms with Gasteiger partial charge in [-0.15, -0.1) is 0 Å². The Hall–Kier alpha value is -1.98. The number of hydrogen-bond acceptors (Lipinski definition) is 2. The number of benzene rings is 1. The Morgan fingerprint density at radius 3 is 2.53 bits per heavy atom. The van der Waals surface area contributed by atoms with Crippen LogP contribution in [0.2, 0.25) is 0 Å². The third-order valence-electron chi connectivity index (χ3n) is 2.83. The maximum atomic E-state index is 12.5. The predicted octanol–water partition coefficient (Wildman–Crippen LogP) is 3.67. The number of nitrogens with zero attached hydrogens (tertiary/aromatic N) is 1. The molecule has 0 unspecified atom stereocenters. The van der Waals surface area contributed by atoms with Crippen LogP contribution in [0.4, 0.5) is 13.2 Å². The molecule has 102 valence electrons. The van der Waals surface area contributed by atoms with Crippen molar-refractivity contribution in [2.75, 3.05) is 7.11 Å². The number of aryl methyl sites for hydroxylation is 1. The molecule has 0 amide bonds. The first-order valence-electron chi connectivity index (χ1n) is 5.75. The van der Waals surface area contributed by atoms with Crippen LogP contribution in [0.5, 0.6) is 5.75 Å². The minimum Gasteiger partial charge on any atom is -0.496 e. The first kappa shape index (κ1) is 13.5. The van der Waals surface area contributed by atoms with Crippen molar-refractivity contribution in [1.82, 2.24) is 10.2 Å². The minimum atomic E-state index is -4.43. The van der Waals surface area contributed by atoms with E-state index in [4.69, 9.17) is 4.74 Å². The van der Waals surface area contributed by atoms with Gasteiger partial charge < -0.3 is 4.74 Å². The molecule has 1 aromatic heterocycles. The number of aromatic nitrogens is 2. The summed E-state index contributed by atoms with van der Waals surface area (Å²) in [4.78, 5) is 0. The van der Waals surface area contributed by atoms with Gasteiger partial charge in [0.15, 0.2) is 0 Å². The van der Waals surface area contributed by atoms with Crippen LogP contribution in [0.3, 0.4) is 0 Å². The van der Waals surface area contributed by atoms with Crippen molar-refractivity contribution in [1.29, 1.82) is 0 Å². The SMILES string of the molecule is CCc1ccc(OC)c(-c2cc(C(F)(F)F)[nH]n2)c1. The fourth-order valence-corrected chi connectivity index (χ4v) is 1.78. The van der Waals surface area contributed by atoms with Crippen LogP contribution >= 0.6 is 0 Å². The van der Waals surface area contributed by atoms with Crippen LogP contribution in [-0.2, 0) is 12.6 Å². The number of aromatic amines is 1. The molecule has 1 aromatic carbocycles. The summed E-state index contributed by atoms with van der Waals surface area (Å²) in [5, 5.41) is 5.71. The molecular weight excluding hydrogens is 257 g/mol. The molecule has 6 heteroatoms. The molecule has 0 fully saturated rings. The van der Waals surface area contributed by atoms with Crippen molar-refractivity contribution in [2.24, 2.45) is 0 Å². The van der Waals surface area contributed by atoms with E-state index in [9.17, 15) is 13.2 Å². The third kappa shape index (κ3) is 2.72. The highest BCUT2D eigenvalue weighted by molar-refractivity contribution is 5.68. The summed E-state index contributed by atoms with van der Waals surface area (Å²) in [7, 11) is 1.47. The van der Waals surface area contributed by atoms with Gasteiger partial charge >= 0.3 is 6.18 Å². The van der Waals surface area contributed by atoms with Crippen LogP contribution < -0.4 is 4.74 Å². The molecule has 3 nitrogen and oxygen atoms in total. The summed E-state index contributed by atoms with van der Waals surface area (Å²) in [5.41, 5.74) is 0.909. The van der Waals surface area contributed by atoms with Crippen molar-refractivity contribution in [3.8, 4) is 17.0 Å². The molecule has 2 rings (SSSR count). The average molecular weight is 270 g/mol. The molecule has 1 heterocycles. The van der Waals surface area contributed by atoms with E-state index in [0.717, 1.165) is 18.1 Å². The average Bonchev–Trinajstić information content (AvgIpc) is 2.87. The Bertz CT molecular complexity index is 576. The molecule has 0 aliphatic heterocycles. The van der Waals surface area contributed by atoms with Gasteiger partial charge in [0.1, 0.15) is 11.4 Å². The van der Waals surface area contributed by atoms with Crippen molar-refractivity contribution in [2.45, 2.75) is 19.5 Å². The lowest BCUT2D eigenvalue weighted by Crippen LogP contribution is -2.04. The molecule has 0 saturated carbocycles. The van der Waals surface area contributed by atoms with Gasteiger partial charge in [-0.25, -0.2) is 0 Å². The maximum Gasteiger partial charge on any atom is 0.432 e. The predicted molar refractivity (Wildman–Crippen MR) is 65.0 cm³/mol. The highest BCUT2D eigenvalue weighted by Crippen LogP contribution is 2.34. The van der Waals surface area contributed by atoms with Crippen LogP contribution in [0.25, 0.3) is 11.3 Å². The zero-order valence-corrected chi connectivity index (χ0v) is 10.5. The van der Waals surface area contributed by atoms with E-state index in [-0.39, 0.29) is 5.69 Å². The summed E-state index contributed by atoms with van der Waals surface area (Å²) in [6, 6.07) is 6.38. The van der Waals surface area contributed by atoms with Crippen molar-refractivity contribution < 1.29 is 17.9 Å². The van der Waals surface area contributed by atoms with E-state index in [1.165, 1.54) is 7.11 Å². The van der Waals surface area contributed by atoms with E-state index < -0.39 is 11.9 Å². The second-order valence-corrected chi connectivity index (χ2v) is 4.05. The van der Waals surface area contributed by atoms with Crippen LogP contribution in [0.15, 0.2) is 24.3 Å². The Morgan fingerprint density at radius 1 is 1.26 bits per heavy atom. The van der Waals surface area contributed by atoms with Gasteiger partial charge in [-0.1, -0.05) is 13.0 Å². The van der Waals surface area contributed by atoms with Crippen molar-refractivity contribution >= 4 is 0 Å². The van der Waals surface area contributed by atoms with Crippen LogP contribution in [-0.4, -0.2) is 17.3 Å². The number of H-pyrrole nitrogens is 1. The van der Waals surface area contributed by atoms with Gasteiger partial charge in [0, 0.05) is 5.56 Å². The second kappa shape index (κ2) is 4.95. The molecule has 19 heavy (non-hydrogen) atoms. The fraction of sp³-hybridized carbons (Fsp3) is 0.308. The summed E-state index contributed by atoms with van der Waals surface area (Å²) in [5.74, 6) is 0.498. The zero-order chi connectivity index (χ0) is 14.0. The van der Waals surface area contributed by atoms with Crippen LogP contribution in [0, 0.1) is 0 Å². The summed E-state index contributed by atoms with van der Waals surface area (Å²) < 4.78 is 42.8. The maximum absolute atomic E-state index is 12.5. The monoisotopic (exact) mass is 270 g/mol. The summed E-state index contributed by atoms with van der Waals surface area (Å²) in [6.07, 6.45) is -3.64. The van der Waals surface area contributed by atoms with Gasteiger partial charge in [-0.05, 0) is 30.2 Å². The lowest BCUT2D eigenvalue weighted by atomic mass is 10.0. The second-order valence-electron chi connectivity index (χ2n) is 4.05. The lowest BCUT2D eigenvalue weighted by molar-refractivity contribution is -0.141. The highest BCUT2D eigenvalue weighted by Gasteiger charge is 2.33. The van der Waals surface area contributed by atoms with Crippen molar-refractivity contribution in [3.63, 3.8) is 0 Å². The summed E-state index contributed by atoms with van der Waals surface area (Å²) in [6.45, 7) is 1.97. The summed E-state index contributed by atoms with van der Waals surface area (Å²) >= 11 is 0. The number of methoxy groups -OCH3 is 1. The first-order chi connectivity index (χ1) is 8.95. The van der Waals surface area contributed by atoms with E-state index in [2.05, 4.69) is 5.10 Å². The molecule has 0 bridgehead atoms. The van der Waals surface area contributed by atoms with E-state index in [0.29, 0.717) is 11.3 Å². The Labute approximate surface area is 108 Å². The minimum absolute atomic E-state index is 0.222. The van der Waals surface area contributed by atoms with Gasteiger partial charge in [-0.3, -0.25) is 5.10 Å². The van der Waals surface area contributed by atoms with E-state index >= 15 is 0 Å². The van der Waals surface area contributed by atoms with Gasteiger partial charge in [0.05, 0.1) is 12.8 Å². The quantitative estimate of drug-likeness (QED) is 0.924. The molecule has 0 atom stereocenters. The Morgan fingerprint density at radius 2 is 2.00 bits per heavy atom. The number of rotatable bonds is 3. The Kier molecular flexibility index (Phi) is 3.50. The number of alkyl halides is 3. The van der Waals surface area contributed by atoms with Gasteiger partial charge in [0.25, 0.3) is 0 Å². The van der Waals surface area contributed by atoms with Crippen LogP contribution in [0.1, 0.15) is 18.2 Å². The van der Waals surface area contributed by atoms with Gasteiger partial charge in [-0.2, -0.15) is 18.3 Å². The smallest absolute Gasteiger partial charge is 0.432 e. The normalized spacial score (nSPS) is 11.6. The fourth-order valence-electron chi connectivity index (χ4n) is 1.78. The molecule has 1 N–H and O–H groups in total. The molecule has 0 spiro atoms. The largest absolute Gasteiger partial charge is 0.496 e. The first-order valence-corrected chi connectivity index (χ1v) is 5.75. The Balaban J connectivity index is 2.48. The molecule has 0 saturated heterocycles. The molecule has 0 aliphatic rings. The zero-order valence-electron chi connectivity index (χ0n) is 10.5. The van der Waals surface area contributed by atoms with Gasteiger partial charge in [0.2, 0.25) is 0 Å². The number of nitrogens with one attached hydrogen (secondary N) is 1. The highest BCUT2D eigenvalue weighted by atomic mass is 19.4. The molecular formula is C13H13F3N2O. The number of halogens is 3. The molecule has 2 aromatic rings.